The fraction of sp³-hybridized carbons (Fsp3) is 0.360. The van der Waals surface area contributed by atoms with Gasteiger partial charge < -0.3 is 10.2 Å². The van der Waals surface area contributed by atoms with Crippen molar-refractivity contribution in [3.05, 3.63) is 70.8 Å². The van der Waals surface area contributed by atoms with Crippen molar-refractivity contribution < 1.29 is 9.59 Å². The molecule has 2 amide bonds. The molecule has 0 aliphatic carbocycles. The highest BCUT2D eigenvalue weighted by Gasteiger charge is 2.27. The molecule has 34 heavy (non-hydrogen) atoms. The van der Waals surface area contributed by atoms with Crippen molar-refractivity contribution in [3.63, 3.8) is 0 Å². The number of benzene rings is 2. The van der Waals surface area contributed by atoms with Gasteiger partial charge in [0, 0.05) is 26.2 Å². The molecule has 0 unspecified atom stereocenters. The number of piperazine rings is 1. The molecule has 3 aromatic rings. The average molecular weight is 481 g/mol. The van der Waals surface area contributed by atoms with E-state index in [0.29, 0.717) is 48.6 Å². The zero-order valence-corrected chi connectivity index (χ0v) is 20.4. The molecule has 0 spiro atoms. The van der Waals surface area contributed by atoms with E-state index in [-0.39, 0.29) is 24.2 Å². The molecule has 1 saturated heterocycles. The van der Waals surface area contributed by atoms with Crippen LogP contribution in [0.5, 0.6) is 0 Å². The molecule has 8 nitrogen and oxygen atoms in total. The Kier molecular flexibility index (Phi) is 7.29. The monoisotopic (exact) mass is 480 g/mol. The highest BCUT2D eigenvalue weighted by molar-refractivity contribution is 6.33. The van der Waals surface area contributed by atoms with E-state index in [1.165, 1.54) is 0 Å². The van der Waals surface area contributed by atoms with Gasteiger partial charge >= 0.3 is 0 Å². The van der Waals surface area contributed by atoms with E-state index < -0.39 is 0 Å². The SMILES string of the molecule is Cc1nc(C(=O)N2CCN(CC(=O)Nc3ccccc3Cl)CC2)nn1-c1ccccc1C(C)C. The first-order valence-corrected chi connectivity index (χ1v) is 11.8. The van der Waals surface area contributed by atoms with Crippen molar-refractivity contribution in [1.29, 1.82) is 0 Å². The molecule has 2 aromatic carbocycles. The Morgan fingerprint density at radius 2 is 1.71 bits per heavy atom. The second-order valence-electron chi connectivity index (χ2n) is 8.70. The lowest BCUT2D eigenvalue weighted by Crippen LogP contribution is -2.50. The highest BCUT2D eigenvalue weighted by Crippen LogP contribution is 2.23. The van der Waals surface area contributed by atoms with Crippen LogP contribution in [-0.4, -0.2) is 69.1 Å². The van der Waals surface area contributed by atoms with Gasteiger partial charge in [0.1, 0.15) is 5.82 Å². The summed E-state index contributed by atoms with van der Waals surface area (Å²) in [5.41, 5.74) is 2.69. The molecule has 0 atom stereocenters. The lowest BCUT2D eigenvalue weighted by atomic mass is 10.0. The Balaban J connectivity index is 1.37. The standard InChI is InChI=1S/C25H29ClN6O2/c1-17(2)19-8-4-7-11-22(19)32-18(3)27-24(29-32)25(34)31-14-12-30(13-15-31)16-23(33)28-21-10-6-5-9-20(21)26/h4-11,17H,12-16H2,1-3H3,(H,28,33). The summed E-state index contributed by atoms with van der Waals surface area (Å²) in [7, 11) is 0. The quantitative estimate of drug-likeness (QED) is 0.581. The summed E-state index contributed by atoms with van der Waals surface area (Å²) in [6.45, 7) is 8.57. The van der Waals surface area contributed by atoms with Crippen molar-refractivity contribution in [2.24, 2.45) is 0 Å². The van der Waals surface area contributed by atoms with Gasteiger partial charge in [-0.1, -0.05) is 55.8 Å². The molecule has 1 N–H and O–H groups in total. The summed E-state index contributed by atoms with van der Waals surface area (Å²) in [6.07, 6.45) is 0. The Morgan fingerprint density at radius 1 is 1.03 bits per heavy atom. The first-order chi connectivity index (χ1) is 16.3. The number of anilines is 1. The lowest BCUT2D eigenvalue weighted by Gasteiger charge is -2.33. The van der Waals surface area contributed by atoms with E-state index in [1.54, 1.807) is 21.7 Å². The minimum atomic E-state index is -0.191. The summed E-state index contributed by atoms with van der Waals surface area (Å²) in [5.74, 6) is 0.867. The normalized spacial score (nSPS) is 14.4. The Morgan fingerprint density at radius 3 is 2.41 bits per heavy atom. The van der Waals surface area contributed by atoms with Crippen molar-refractivity contribution >= 4 is 29.1 Å². The van der Waals surface area contributed by atoms with Gasteiger partial charge in [0.05, 0.1) is 22.9 Å². The number of hydrogen-bond acceptors (Lipinski definition) is 5. The Hall–Kier alpha value is -3.23. The molecule has 4 rings (SSSR count). The highest BCUT2D eigenvalue weighted by atomic mass is 35.5. The van der Waals surface area contributed by atoms with Gasteiger partial charge in [-0.3, -0.25) is 14.5 Å². The molecule has 1 fully saturated rings. The van der Waals surface area contributed by atoms with Crippen LogP contribution in [0.2, 0.25) is 5.02 Å². The van der Waals surface area contributed by atoms with Gasteiger partial charge in [0.15, 0.2) is 0 Å². The van der Waals surface area contributed by atoms with Gasteiger partial charge in [0.2, 0.25) is 11.7 Å². The molecule has 1 aliphatic heterocycles. The molecule has 0 bridgehead atoms. The van der Waals surface area contributed by atoms with Crippen molar-refractivity contribution in [2.45, 2.75) is 26.7 Å². The number of halogens is 1. The van der Waals surface area contributed by atoms with Crippen molar-refractivity contribution in [1.82, 2.24) is 24.6 Å². The third-order valence-electron chi connectivity index (χ3n) is 5.92. The molecule has 9 heteroatoms. The van der Waals surface area contributed by atoms with E-state index in [0.717, 1.165) is 11.3 Å². The van der Waals surface area contributed by atoms with Crippen LogP contribution in [0, 0.1) is 6.92 Å². The summed E-state index contributed by atoms with van der Waals surface area (Å²) < 4.78 is 1.75. The maximum absolute atomic E-state index is 13.1. The first-order valence-electron chi connectivity index (χ1n) is 11.4. The van der Waals surface area contributed by atoms with Crippen LogP contribution in [0.25, 0.3) is 5.69 Å². The predicted octanol–water partition coefficient (Wildman–Crippen LogP) is 3.75. The summed E-state index contributed by atoms with van der Waals surface area (Å²) in [4.78, 5) is 33.7. The second kappa shape index (κ2) is 10.4. The molecule has 0 saturated carbocycles. The van der Waals surface area contributed by atoms with Gasteiger partial charge in [0.25, 0.3) is 5.91 Å². The fourth-order valence-corrected chi connectivity index (χ4v) is 4.27. The first kappa shape index (κ1) is 23.9. The number of nitrogens with zero attached hydrogens (tertiary/aromatic N) is 5. The third-order valence-corrected chi connectivity index (χ3v) is 6.25. The molecule has 1 aromatic heterocycles. The van der Waals surface area contributed by atoms with Crippen LogP contribution in [0.3, 0.4) is 0 Å². The third kappa shape index (κ3) is 5.29. The Labute approximate surface area is 204 Å². The number of amides is 2. The zero-order chi connectivity index (χ0) is 24.2. The van der Waals surface area contributed by atoms with Gasteiger partial charge in [-0.2, -0.15) is 0 Å². The number of aryl methyl sites for hydroxylation is 1. The minimum absolute atomic E-state index is 0.132. The molecule has 1 aliphatic rings. The number of para-hydroxylation sites is 2. The largest absolute Gasteiger partial charge is 0.333 e. The van der Waals surface area contributed by atoms with Crippen LogP contribution in [0.15, 0.2) is 48.5 Å². The van der Waals surface area contributed by atoms with Crippen LogP contribution in [0.4, 0.5) is 5.69 Å². The fourth-order valence-electron chi connectivity index (χ4n) is 4.08. The van der Waals surface area contributed by atoms with Gasteiger partial charge in [-0.05, 0) is 36.6 Å². The predicted molar refractivity (Wildman–Crippen MR) is 133 cm³/mol. The average Bonchev–Trinajstić information content (AvgIpc) is 3.22. The van der Waals surface area contributed by atoms with Crippen molar-refractivity contribution in [2.75, 3.05) is 38.0 Å². The maximum atomic E-state index is 13.1. The van der Waals surface area contributed by atoms with E-state index in [2.05, 4.69) is 35.3 Å². The van der Waals surface area contributed by atoms with Crippen molar-refractivity contribution in [3.8, 4) is 5.69 Å². The summed E-state index contributed by atoms with van der Waals surface area (Å²) in [5, 5.41) is 7.89. The molecular weight excluding hydrogens is 452 g/mol. The zero-order valence-electron chi connectivity index (χ0n) is 19.7. The summed E-state index contributed by atoms with van der Waals surface area (Å²) >= 11 is 6.11. The minimum Gasteiger partial charge on any atom is -0.333 e. The molecule has 0 radical (unpaired) electrons. The van der Waals surface area contributed by atoms with Crippen LogP contribution in [-0.2, 0) is 4.79 Å². The number of hydrogen-bond donors (Lipinski definition) is 1. The second-order valence-corrected chi connectivity index (χ2v) is 9.11. The van der Waals surface area contributed by atoms with E-state index in [9.17, 15) is 9.59 Å². The number of rotatable bonds is 6. The topological polar surface area (TPSA) is 83.4 Å². The van der Waals surface area contributed by atoms with Crippen LogP contribution in [0.1, 0.15) is 41.8 Å². The van der Waals surface area contributed by atoms with Gasteiger partial charge in [-0.15, -0.1) is 5.10 Å². The maximum Gasteiger partial charge on any atom is 0.293 e. The van der Waals surface area contributed by atoms with Crippen LogP contribution < -0.4 is 5.32 Å². The summed E-state index contributed by atoms with van der Waals surface area (Å²) in [6, 6.07) is 15.2. The van der Waals surface area contributed by atoms with E-state index >= 15 is 0 Å². The lowest BCUT2D eigenvalue weighted by molar-refractivity contribution is -0.117. The van der Waals surface area contributed by atoms with E-state index in [1.807, 2.05) is 42.2 Å². The van der Waals surface area contributed by atoms with E-state index in [4.69, 9.17) is 11.6 Å². The molecular formula is C25H29ClN6O2. The number of aromatic nitrogens is 3. The number of carbonyl (C=O) groups excluding carboxylic acids is 2. The molecule has 2 heterocycles. The number of nitrogens with one attached hydrogen (secondary N) is 1. The molecule has 178 valence electrons. The number of carbonyl (C=O) groups is 2. The Bertz CT molecular complexity index is 1180. The van der Waals surface area contributed by atoms with Crippen LogP contribution >= 0.6 is 11.6 Å². The van der Waals surface area contributed by atoms with Gasteiger partial charge in [-0.25, -0.2) is 9.67 Å². The smallest absolute Gasteiger partial charge is 0.293 e.